The van der Waals surface area contributed by atoms with Gasteiger partial charge in [-0.25, -0.2) is 4.39 Å². The molecule has 0 bridgehead atoms. The molecule has 0 aliphatic carbocycles. The van der Waals surface area contributed by atoms with Gasteiger partial charge in [0.2, 0.25) is 5.67 Å². The third kappa shape index (κ3) is 3.87. The van der Waals surface area contributed by atoms with Gasteiger partial charge in [0.25, 0.3) is 11.8 Å². The number of hydrogen-bond donors (Lipinski definition) is 1. The van der Waals surface area contributed by atoms with E-state index in [2.05, 4.69) is 10.4 Å². The first-order chi connectivity index (χ1) is 10.9. The Bertz CT molecular complexity index is 589. The van der Waals surface area contributed by atoms with Gasteiger partial charge in [0.15, 0.2) is 0 Å². The Hall–Kier alpha value is -1.96. The Kier molecular flexibility index (Phi) is 5.35. The van der Waals surface area contributed by atoms with Gasteiger partial charge in [-0.15, -0.1) is 0 Å². The topological polar surface area (TPSA) is 76.5 Å². The van der Waals surface area contributed by atoms with Crippen molar-refractivity contribution >= 4 is 11.8 Å². The maximum absolute atomic E-state index is 15.0. The second kappa shape index (κ2) is 7.08. The Labute approximate surface area is 134 Å². The zero-order valence-electron chi connectivity index (χ0n) is 13.8. The van der Waals surface area contributed by atoms with Gasteiger partial charge in [-0.3, -0.25) is 14.3 Å². The lowest BCUT2D eigenvalue weighted by molar-refractivity contribution is -0.136. The van der Waals surface area contributed by atoms with Crippen LogP contribution in [0, 0.1) is 6.92 Å². The van der Waals surface area contributed by atoms with Crippen molar-refractivity contribution in [2.75, 3.05) is 33.4 Å². The number of aryl methyl sites for hydroxylation is 2. The third-order valence-corrected chi connectivity index (χ3v) is 3.95. The van der Waals surface area contributed by atoms with Crippen LogP contribution >= 0.6 is 0 Å². The molecule has 1 aromatic heterocycles. The monoisotopic (exact) mass is 326 g/mol. The molecule has 0 aromatic carbocycles. The van der Waals surface area contributed by atoms with E-state index in [9.17, 15) is 14.0 Å². The molecule has 2 amide bonds. The summed E-state index contributed by atoms with van der Waals surface area (Å²) in [5.41, 5.74) is -0.946. The molecule has 1 aliphatic rings. The molecule has 1 aromatic rings. The van der Waals surface area contributed by atoms with Crippen LogP contribution in [0.25, 0.3) is 0 Å². The summed E-state index contributed by atoms with van der Waals surface area (Å²) in [6, 6.07) is 1.66. The van der Waals surface area contributed by atoms with E-state index in [1.165, 1.54) is 16.7 Å². The fourth-order valence-corrected chi connectivity index (χ4v) is 2.77. The number of carbonyl (C=O) groups is 2. The zero-order valence-corrected chi connectivity index (χ0v) is 13.8. The molecule has 0 radical (unpaired) electrons. The number of nitrogens with zero attached hydrogens (tertiary/aromatic N) is 3. The van der Waals surface area contributed by atoms with Gasteiger partial charge >= 0.3 is 0 Å². The van der Waals surface area contributed by atoms with Crippen LogP contribution in [0.4, 0.5) is 4.39 Å². The predicted molar refractivity (Wildman–Crippen MR) is 81.8 cm³/mol. The van der Waals surface area contributed by atoms with E-state index in [1.54, 1.807) is 20.0 Å². The summed E-state index contributed by atoms with van der Waals surface area (Å²) in [7, 11) is 3.18. The minimum Gasteiger partial charge on any atom is -0.383 e. The molecular formula is C15H23FN4O3. The molecule has 2 heterocycles. The fourth-order valence-electron chi connectivity index (χ4n) is 2.77. The van der Waals surface area contributed by atoms with Gasteiger partial charge in [0.05, 0.1) is 18.8 Å². The molecule has 2 rings (SSSR count). The van der Waals surface area contributed by atoms with E-state index in [-0.39, 0.29) is 25.4 Å². The highest BCUT2D eigenvalue weighted by atomic mass is 19.1. The maximum atomic E-state index is 15.0. The number of likely N-dealkylation sites (tertiary alicyclic amines) is 1. The van der Waals surface area contributed by atoms with Crippen molar-refractivity contribution in [1.29, 1.82) is 0 Å². The number of amides is 2. The molecule has 1 N–H and O–H groups in total. The molecule has 128 valence electrons. The van der Waals surface area contributed by atoms with Gasteiger partial charge in [0.1, 0.15) is 5.69 Å². The van der Waals surface area contributed by atoms with Crippen LogP contribution in [0.15, 0.2) is 6.07 Å². The number of halogens is 1. The van der Waals surface area contributed by atoms with E-state index in [0.717, 1.165) is 5.69 Å². The number of hydrogen-bond acceptors (Lipinski definition) is 4. The summed E-state index contributed by atoms with van der Waals surface area (Å²) >= 11 is 0. The molecule has 23 heavy (non-hydrogen) atoms. The summed E-state index contributed by atoms with van der Waals surface area (Å²) < 4.78 is 21.3. The highest BCUT2D eigenvalue weighted by molar-refractivity contribution is 5.94. The minimum atomic E-state index is -2.06. The lowest BCUT2D eigenvalue weighted by Crippen LogP contribution is -2.56. The van der Waals surface area contributed by atoms with Crippen molar-refractivity contribution in [3.63, 3.8) is 0 Å². The molecule has 1 aliphatic heterocycles. The molecule has 8 heteroatoms. The predicted octanol–water partition coefficient (Wildman–Crippen LogP) is 0.435. The first kappa shape index (κ1) is 17.4. The third-order valence-electron chi connectivity index (χ3n) is 3.95. The standard InChI is InChI=1S/C15H23FN4O3/c1-11-9-12(19(2)18-11)13(21)20-7-4-5-15(16,10-20)14(22)17-6-8-23-3/h9H,4-8,10H2,1-3H3,(H,17,22). The normalized spacial score (nSPS) is 21.3. The summed E-state index contributed by atoms with van der Waals surface area (Å²) in [6.07, 6.45) is 0.552. The van der Waals surface area contributed by atoms with E-state index in [4.69, 9.17) is 4.74 Å². The lowest BCUT2D eigenvalue weighted by Gasteiger charge is -2.36. The Morgan fingerprint density at radius 3 is 2.87 bits per heavy atom. The largest absolute Gasteiger partial charge is 0.383 e. The SMILES string of the molecule is COCCNC(=O)C1(F)CCCN(C(=O)c2cc(C)nn2C)C1. The zero-order chi connectivity index (χ0) is 17.0. The van der Waals surface area contributed by atoms with Gasteiger partial charge in [-0.2, -0.15) is 5.10 Å². The van der Waals surface area contributed by atoms with Gasteiger partial charge in [-0.05, 0) is 25.8 Å². The molecular weight excluding hydrogens is 303 g/mol. The van der Waals surface area contributed by atoms with Crippen LogP contribution < -0.4 is 5.32 Å². The molecule has 1 fully saturated rings. The first-order valence-electron chi connectivity index (χ1n) is 7.63. The first-order valence-corrected chi connectivity index (χ1v) is 7.63. The van der Waals surface area contributed by atoms with Gasteiger partial charge < -0.3 is 15.0 Å². The number of rotatable bonds is 5. The van der Waals surface area contributed by atoms with Crippen molar-refractivity contribution in [2.24, 2.45) is 7.05 Å². The van der Waals surface area contributed by atoms with Crippen LogP contribution in [0.2, 0.25) is 0 Å². The average molecular weight is 326 g/mol. The second-order valence-electron chi connectivity index (χ2n) is 5.84. The van der Waals surface area contributed by atoms with Crippen LogP contribution in [-0.2, 0) is 16.6 Å². The highest BCUT2D eigenvalue weighted by Gasteiger charge is 2.44. The molecule has 7 nitrogen and oxygen atoms in total. The number of piperidine rings is 1. The molecule has 1 saturated heterocycles. The minimum absolute atomic E-state index is 0.111. The van der Waals surface area contributed by atoms with Crippen molar-refractivity contribution in [1.82, 2.24) is 20.0 Å². The summed E-state index contributed by atoms with van der Waals surface area (Å²) in [4.78, 5) is 26.0. The number of alkyl halides is 1. The van der Waals surface area contributed by atoms with E-state index in [0.29, 0.717) is 25.3 Å². The van der Waals surface area contributed by atoms with Crippen molar-refractivity contribution < 1.29 is 18.7 Å². The number of carbonyl (C=O) groups excluding carboxylic acids is 2. The fraction of sp³-hybridized carbons (Fsp3) is 0.667. The number of nitrogens with one attached hydrogen (secondary N) is 1. The van der Waals surface area contributed by atoms with Gasteiger partial charge in [0, 0.05) is 27.2 Å². The van der Waals surface area contributed by atoms with Crippen LogP contribution in [0.1, 0.15) is 29.0 Å². The van der Waals surface area contributed by atoms with Crippen LogP contribution in [-0.4, -0.2) is 65.5 Å². The molecule has 1 atom stereocenters. The quantitative estimate of drug-likeness (QED) is 0.797. The van der Waals surface area contributed by atoms with E-state index >= 15 is 0 Å². The maximum Gasteiger partial charge on any atom is 0.272 e. The Morgan fingerprint density at radius 2 is 2.26 bits per heavy atom. The molecule has 1 unspecified atom stereocenters. The highest BCUT2D eigenvalue weighted by Crippen LogP contribution is 2.26. The van der Waals surface area contributed by atoms with Crippen LogP contribution in [0.3, 0.4) is 0 Å². The average Bonchev–Trinajstić information content (AvgIpc) is 2.85. The summed E-state index contributed by atoms with van der Waals surface area (Å²) in [5.74, 6) is -0.993. The number of aromatic nitrogens is 2. The number of ether oxygens (including phenoxy) is 1. The summed E-state index contributed by atoms with van der Waals surface area (Å²) in [6.45, 7) is 2.54. The number of methoxy groups -OCH3 is 1. The lowest BCUT2D eigenvalue weighted by atomic mass is 9.93. The Balaban J connectivity index is 2.06. The van der Waals surface area contributed by atoms with E-state index < -0.39 is 11.6 Å². The van der Waals surface area contributed by atoms with Crippen molar-refractivity contribution in [3.05, 3.63) is 17.5 Å². The van der Waals surface area contributed by atoms with Crippen LogP contribution in [0.5, 0.6) is 0 Å². The van der Waals surface area contributed by atoms with Crippen molar-refractivity contribution in [2.45, 2.75) is 25.4 Å². The summed E-state index contributed by atoms with van der Waals surface area (Å²) in [5, 5.41) is 6.64. The molecule has 0 saturated carbocycles. The molecule has 0 spiro atoms. The second-order valence-corrected chi connectivity index (χ2v) is 5.84. The van der Waals surface area contributed by atoms with Gasteiger partial charge in [-0.1, -0.05) is 0 Å². The van der Waals surface area contributed by atoms with E-state index in [1.807, 2.05) is 0 Å². The Morgan fingerprint density at radius 1 is 1.52 bits per heavy atom. The van der Waals surface area contributed by atoms with Crippen molar-refractivity contribution in [3.8, 4) is 0 Å². The smallest absolute Gasteiger partial charge is 0.272 e.